The maximum Gasteiger partial charge on any atom is 0.251 e. The predicted molar refractivity (Wildman–Crippen MR) is 186 cm³/mol. The zero-order valence-corrected chi connectivity index (χ0v) is 29.9. The van der Waals surface area contributed by atoms with Crippen LogP contribution in [-0.4, -0.2) is 76.4 Å². The van der Waals surface area contributed by atoms with Crippen LogP contribution in [0.3, 0.4) is 0 Å². The fourth-order valence-electron chi connectivity index (χ4n) is 5.79. The number of benzene rings is 1. The van der Waals surface area contributed by atoms with Gasteiger partial charge < -0.3 is 33.7 Å². The summed E-state index contributed by atoms with van der Waals surface area (Å²) in [6.45, 7) is 4.38. The quantitative estimate of drug-likeness (QED) is 0.0730. The molecule has 9 heteroatoms. The highest BCUT2D eigenvalue weighted by Crippen LogP contribution is 2.30. The second kappa shape index (κ2) is 25.5. The van der Waals surface area contributed by atoms with Gasteiger partial charge in [-0.1, -0.05) is 121 Å². The number of methoxy groups -OCH3 is 3. The number of nitrogens with zero attached hydrogens (tertiary/aromatic N) is 1. The summed E-state index contributed by atoms with van der Waals surface area (Å²) in [6, 6.07) is 15.0. The molecule has 6 atom stereocenters. The number of aromatic nitrogens is 1. The molecule has 0 bridgehead atoms. The Balaban J connectivity index is 2.15. The van der Waals surface area contributed by atoms with Crippen molar-refractivity contribution in [3.63, 3.8) is 0 Å². The van der Waals surface area contributed by atoms with Crippen LogP contribution in [0, 0.1) is 0 Å². The average molecular weight is 659 g/mol. The van der Waals surface area contributed by atoms with Crippen LogP contribution in [0.2, 0.25) is 0 Å². The van der Waals surface area contributed by atoms with Gasteiger partial charge in [-0.2, -0.15) is 0 Å². The fraction of sp³-hybridized carbons (Fsp3) is 0.684. The molecule has 0 saturated carbocycles. The second-order valence-corrected chi connectivity index (χ2v) is 12.0. The van der Waals surface area contributed by atoms with E-state index in [0.717, 1.165) is 31.2 Å². The first kappa shape index (κ1) is 40.6. The first-order valence-electron chi connectivity index (χ1n) is 17.7. The van der Waals surface area contributed by atoms with E-state index >= 15 is 0 Å². The van der Waals surface area contributed by atoms with Crippen LogP contribution in [0.25, 0.3) is 0 Å². The highest BCUT2D eigenvalue weighted by atomic mass is 16.7. The van der Waals surface area contributed by atoms with E-state index in [1.807, 2.05) is 42.5 Å². The van der Waals surface area contributed by atoms with Gasteiger partial charge in [0, 0.05) is 46.2 Å². The van der Waals surface area contributed by atoms with Gasteiger partial charge in [0.1, 0.15) is 18.8 Å². The van der Waals surface area contributed by atoms with E-state index in [1.54, 1.807) is 33.5 Å². The molecule has 266 valence electrons. The molecule has 1 heterocycles. The Morgan fingerprint density at radius 1 is 0.723 bits per heavy atom. The number of amides is 1. The number of ether oxygens (including phenoxy) is 6. The average Bonchev–Trinajstić information content (AvgIpc) is 3.11. The Morgan fingerprint density at radius 2 is 1.32 bits per heavy atom. The minimum atomic E-state index is -1.05. The van der Waals surface area contributed by atoms with Crippen molar-refractivity contribution in [3.8, 4) is 5.88 Å². The monoisotopic (exact) mass is 658 g/mol. The molecule has 0 aliphatic rings. The van der Waals surface area contributed by atoms with E-state index in [-0.39, 0.29) is 24.7 Å². The van der Waals surface area contributed by atoms with Crippen molar-refractivity contribution in [2.75, 3.05) is 35.0 Å². The molecule has 0 fully saturated rings. The Labute approximate surface area is 284 Å². The van der Waals surface area contributed by atoms with Crippen LogP contribution < -0.4 is 10.1 Å². The molecule has 2 aromatic rings. The molecule has 1 aromatic carbocycles. The molecule has 9 nitrogen and oxygen atoms in total. The van der Waals surface area contributed by atoms with Gasteiger partial charge in [0.2, 0.25) is 5.88 Å². The second-order valence-electron chi connectivity index (χ2n) is 12.0. The smallest absolute Gasteiger partial charge is 0.251 e. The summed E-state index contributed by atoms with van der Waals surface area (Å²) >= 11 is 0. The van der Waals surface area contributed by atoms with E-state index < -0.39 is 24.6 Å². The zero-order valence-electron chi connectivity index (χ0n) is 29.9. The minimum absolute atomic E-state index is 0.0474. The Kier molecular flexibility index (Phi) is 22.0. The van der Waals surface area contributed by atoms with Crippen molar-refractivity contribution in [1.82, 2.24) is 10.3 Å². The summed E-state index contributed by atoms with van der Waals surface area (Å²) in [6.07, 6.45) is 13.7. The Bertz CT molecular complexity index is 1030. The topological polar surface area (TPSA) is 97.4 Å². The van der Waals surface area contributed by atoms with Crippen molar-refractivity contribution < 1.29 is 33.2 Å². The first-order valence-corrected chi connectivity index (χ1v) is 17.7. The van der Waals surface area contributed by atoms with Gasteiger partial charge in [0.15, 0.2) is 12.4 Å². The lowest BCUT2D eigenvalue weighted by molar-refractivity contribution is -0.251. The molecule has 6 unspecified atom stereocenters. The summed E-state index contributed by atoms with van der Waals surface area (Å²) in [4.78, 5) is 17.5. The molecule has 47 heavy (non-hydrogen) atoms. The van der Waals surface area contributed by atoms with Gasteiger partial charge >= 0.3 is 0 Å². The van der Waals surface area contributed by atoms with Crippen molar-refractivity contribution in [3.05, 3.63) is 60.3 Å². The SMILES string of the molecule is CCCCCCCCCCCCCC(OC)C(OC(OC(C(=O)NC)C(COc1ccccn1)OC)c1ccccc1)C(CC)OC. The molecule has 1 N–H and O–H groups in total. The number of nitrogens with one attached hydrogen (secondary N) is 1. The summed E-state index contributed by atoms with van der Waals surface area (Å²) in [5.74, 6) is 0.0722. The molecular weight excluding hydrogens is 596 g/mol. The third-order valence-electron chi connectivity index (χ3n) is 8.63. The third-order valence-corrected chi connectivity index (χ3v) is 8.63. The van der Waals surface area contributed by atoms with E-state index in [1.165, 1.54) is 64.9 Å². The summed E-state index contributed by atoms with van der Waals surface area (Å²) < 4.78 is 36.9. The van der Waals surface area contributed by atoms with E-state index in [9.17, 15) is 4.79 Å². The van der Waals surface area contributed by atoms with Gasteiger partial charge in [-0.3, -0.25) is 4.79 Å². The van der Waals surface area contributed by atoms with Gasteiger partial charge in [-0.15, -0.1) is 0 Å². The van der Waals surface area contributed by atoms with Crippen LogP contribution in [-0.2, 0) is 28.5 Å². The van der Waals surface area contributed by atoms with E-state index in [2.05, 4.69) is 24.1 Å². The van der Waals surface area contributed by atoms with Crippen LogP contribution >= 0.6 is 0 Å². The van der Waals surface area contributed by atoms with Crippen molar-refractivity contribution in [1.29, 1.82) is 0 Å². The zero-order chi connectivity index (χ0) is 34.1. The first-order chi connectivity index (χ1) is 23.0. The van der Waals surface area contributed by atoms with Gasteiger partial charge in [0.25, 0.3) is 5.91 Å². The predicted octanol–water partition coefficient (Wildman–Crippen LogP) is 7.83. The van der Waals surface area contributed by atoms with Crippen LogP contribution in [0.5, 0.6) is 5.88 Å². The lowest BCUT2D eigenvalue weighted by atomic mass is 9.98. The number of unbranched alkanes of at least 4 members (excludes halogenated alkanes) is 10. The number of carbonyl (C=O) groups is 1. The van der Waals surface area contributed by atoms with Crippen molar-refractivity contribution in [2.45, 2.75) is 134 Å². The molecule has 0 saturated heterocycles. The third kappa shape index (κ3) is 15.5. The van der Waals surface area contributed by atoms with E-state index in [0.29, 0.717) is 5.88 Å². The van der Waals surface area contributed by atoms with Crippen molar-refractivity contribution >= 4 is 5.91 Å². The van der Waals surface area contributed by atoms with Crippen molar-refractivity contribution in [2.24, 2.45) is 0 Å². The lowest BCUT2D eigenvalue weighted by Gasteiger charge is -2.36. The van der Waals surface area contributed by atoms with Gasteiger partial charge in [0.05, 0.1) is 12.2 Å². The number of carbonyl (C=O) groups excluding carboxylic acids is 1. The normalized spacial score (nSPS) is 15.4. The van der Waals surface area contributed by atoms with Crippen LogP contribution in [0.15, 0.2) is 54.7 Å². The maximum absolute atomic E-state index is 13.2. The largest absolute Gasteiger partial charge is 0.475 e. The fourth-order valence-corrected chi connectivity index (χ4v) is 5.79. The van der Waals surface area contributed by atoms with E-state index in [4.69, 9.17) is 28.4 Å². The Morgan fingerprint density at radius 3 is 1.85 bits per heavy atom. The van der Waals surface area contributed by atoms with Crippen LogP contribution in [0.1, 0.15) is 109 Å². The highest BCUT2D eigenvalue weighted by Gasteiger charge is 2.37. The number of pyridine rings is 1. The summed E-state index contributed by atoms with van der Waals surface area (Å²) in [7, 11) is 6.52. The summed E-state index contributed by atoms with van der Waals surface area (Å²) in [5.41, 5.74) is 0.766. The maximum atomic E-state index is 13.2. The number of likely N-dealkylation sites (N-methyl/N-ethyl adjacent to an activating group) is 1. The molecule has 0 spiro atoms. The highest BCUT2D eigenvalue weighted by molar-refractivity contribution is 5.81. The molecule has 0 aliphatic heterocycles. The van der Waals surface area contributed by atoms with Crippen LogP contribution in [0.4, 0.5) is 0 Å². The molecule has 0 radical (unpaired) electrons. The Hall–Kier alpha value is -2.56. The molecule has 1 aromatic heterocycles. The lowest BCUT2D eigenvalue weighted by Crippen LogP contribution is -2.48. The van der Waals surface area contributed by atoms with Gasteiger partial charge in [-0.05, 0) is 18.9 Å². The van der Waals surface area contributed by atoms with Gasteiger partial charge in [-0.25, -0.2) is 4.98 Å². The molecule has 0 aliphatic carbocycles. The minimum Gasteiger partial charge on any atom is -0.475 e. The standard InChI is InChI=1S/C38H62N2O7/c1-7-9-10-11-12-13-14-15-16-17-21-26-32(43-5)35(31(8-2)42-4)46-38(30-24-19-18-20-25-30)47-36(37(41)39-3)33(44-6)29-45-34-27-22-23-28-40-34/h18-20,22-25,27-28,31-33,35-36,38H,7-17,21,26,29H2,1-6H3,(H,39,41). The number of hydrogen-bond donors (Lipinski definition) is 1. The molecule has 1 amide bonds. The number of rotatable bonds is 28. The summed E-state index contributed by atoms with van der Waals surface area (Å²) in [5, 5.41) is 2.71. The molecular formula is C38H62N2O7. The number of hydrogen-bond acceptors (Lipinski definition) is 8. The molecule has 2 rings (SSSR count).